The SMILES string of the molecule is CCN(c1cccc2c1CC=CCCc1cc(C)nc(OC)c1CNC2=O)C1CCC(O)CC1. The fraction of sp³-hybridized carbons (Fsp3) is 0.500. The van der Waals surface area contributed by atoms with E-state index in [1.807, 2.05) is 19.1 Å². The molecule has 0 bridgehead atoms. The number of ether oxygens (including phenoxy) is 1. The Labute approximate surface area is 203 Å². The standard InChI is InChI=1S/C28H37N3O3/c1-4-31(21-13-15-22(32)16-14-21)26-12-8-11-24-23(26)10-7-5-6-9-20-17-19(2)30-28(34-3)25(20)18-29-27(24)33/h5,7-8,11-12,17,21-22,32H,4,6,9-10,13-16,18H2,1-3H3,(H,29,33). The van der Waals surface area contributed by atoms with Gasteiger partial charge in [-0.25, -0.2) is 4.98 Å². The Morgan fingerprint density at radius 3 is 2.71 bits per heavy atom. The van der Waals surface area contributed by atoms with Gasteiger partial charge in [-0.3, -0.25) is 4.79 Å². The number of hydrogen-bond acceptors (Lipinski definition) is 5. The van der Waals surface area contributed by atoms with Crippen molar-refractivity contribution in [2.24, 2.45) is 0 Å². The van der Waals surface area contributed by atoms with Crippen molar-refractivity contribution in [2.75, 3.05) is 18.6 Å². The van der Waals surface area contributed by atoms with Crippen molar-refractivity contribution in [2.45, 2.75) is 77.5 Å². The van der Waals surface area contributed by atoms with Gasteiger partial charge in [-0.05, 0) is 88.1 Å². The lowest BCUT2D eigenvalue weighted by atomic mass is 9.90. The average Bonchev–Trinajstić information content (AvgIpc) is 2.84. The van der Waals surface area contributed by atoms with Gasteiger partial charge in [-0.15, -0.1) is 0 Å². The number of nitrogens with zero attached hydrogens (tertiary/aromatic N) is 2. The van der Waals surface area contributed by atoms with Crippen LogP contribution >= 0.6 is 0 Å². The van der Waals surface area contributed by atoms with Gasteiger partial charge in [-0.2, -0.15) is 0 Å². The molecule has 6 nitrogen and oxygen atoms in total. The molecule has 2 aromatic rings. The Bertz CT molecular complexity index is 1040. The number of carbonyl (C=O) groups excluding carboxylic acids is 1. The molecule has 1 amide bonds. The fourth-order valence-corrected chi connectivity index (χ4v) is 5.41. The molecule has 2 N–H and O–H groups in total. The van der Waals surface area contributed by atoms with Gasteiger partial charge in [0.25, 0.3) is 5.91 Å². The second kappa shape index (κ2) is 11.0. The molecule has 0 unspecified atom stereocenters. The summed E-state index contributed by atoms with van der Waals surface area (Å²) in [6.07, 6.45) is 10.4. The van der Waals surface area contributed by atoms with E-state index < -0.39 is 0 Å². The van der Waals surface area contributed by atoms with Crippen LogP contribution in [0, 0.1) is 6.92 Å². The minimum Gasteiger partial charge on any atom is -0.481 e. The molecular formula is C28H37N3O3. The molecule has 1 aliphatic carbocycles. The third-order valence-corrected chi connectivity index (χ3v) is 7.15. The van der Waals surface area contributed by atoms with Gasteiger partial charge in [-0.1, -0.05) is 18.2 Å². The summed E-state index contributed by atoms with van der Waals surface area (Å²) >= 11 is 0. The van der Waals surface area contributed by atoms with Crippen molar-refractivity contribution in [3.05, 3.63) is 64.4 Å². The van der Waals surface area contributed by atoms with Gasteiger partial charge in [0, 0.05) is 41.6 Å². The van der Waals surface area contributed by atoms with E-state index in [0.717, 1.165) is 79.6 Å². The van der Waals surface area contributed by atoms with E-state index in [0.29, 0.717) is 18.5 Å². The second-order valence-corrected chi connectivity index (χ2v) is 9.36. The molecule has 4 rings (SSSR count). The van der Waals surface area contributed by atoms with E-state index in [1.165, 1.54) is 5.56 Å². The van der Waals surface area contributed by atoms with E-state index in [9.17, 15) is 9.90 Å². The lowest BCUT2D eigenvalue weighted by Gasteiger charge is -2.38. The lowest BCUT2D eigenvalue weighted by molar-refractivity contribution is 0.0949. The van der Waals surface area contributed by atoms with Crippen molar-refractivity contribution in [3.8, 4) is 5.88 Å². The number of aromatic nitrogens is 1. The van der Waals surface area contributed by atoms with Gasteiger partial charge >= 0.3 is 0 Å². The number of nitrogens with one attached hydrogen (secondary N) is 1. The predicted octanol–water partition coefficient (Wildman–Crippen LogP) is 4.50. The van der Waals surface area contributed by atoms with Crippen molar-refractivity contribution >= 4 is 11.6 Å². The first-order valence-corrected chi connectivity index (χ1v) is 12.5. The maximum Gasteiger partial charge on any atom is 0.251 e. The molecular weight excluding hydrogens is 426 g/mol. The third kappa shape index (κ3) is 5.27. The third-order valence-electron chi connectivity index (χ3n) is 7.15. The van der Waals surface area contributed by atoms with E-state index in [1.54, 1.807) is 7.11 Å². The first kappa shape index (κ1) is 24.3. The number of aliphatic hydroxyl groups is 1. The molecule has 1 fully saturated rings. The summed E-state index contributed by atoms with van der Waals surface area (Å²) < 4.78 is 5.56. The molecule has 1 aliphatic heterocycles. The summed E-state index contributed by atoms with van der Waals surface area (Å²) in [5.74, 6) is 0.511. The Kier molecular flexibility index (Phi) is 7.88. The fourth-order valence-electron chi connectivity index (χ4n) is 5.41. The average molecular weight is 464 g/mol. The van der Waals surface area contributed by atoms with Crippen LogP contribution in [0.15, 0.2) is 36.4 Å². The number of amides is 1. The molecule has 1 aromatic carbocycles. The Morgan fingerprint density at radius 1 is 1.18 bits per heavy atom. The number of hydrogen-bond donors (Lipinski definition) is 2. The number of methoxy groups -OCH3 is 1. The first-order chi connectivity index (χ1) is 16.5. The van der Waals surface area contributed by atoms with Crippen molar-refractivity contribution in [1.29, 1.82) is 0 Å². The molecule has 2 heterocycles. The molecule has 0 radical (unpaired) electrons. The quantitative estimate of drug-likeness (QED) is 0.653. The summed E-state index contributed by atoms with van der Waals surface area (Å²) in [4.78, 5) is 20.4. The smallest absolute Gasteiger partial charge is 0.251 e. The Morgan fingerprint density at radius 2 is 1.97 bits per heavy atom. The van der Waals surface area contributed by atoms with Gasteiger partial charge in [0.15, 0.2) is 0 Å². The van der Waals surface area contributed by atoms with Crippen molar-refractivity contribution in [1.82, 2.24) is 10.3 Å². The molecule has 0 saturated heterocycles. The zero-order valence-electron chi connectivity index (χ0n) is 20.6. The minimum absolute atomic E-state index is 0.0745. The zero-order chi connectivity index (χ0) is 24.1. The number of pyridine rings is 1. The maximum atomic E-state index is 13.4. The summed E-state index contributed by atoms with van der Waals surface area (Å²) in [6, 6.07) is 8.54. The number of carbonyl (C=O) groups is 1. The van der Waals surface area contributed by atoms with Gasteiger partial charge in [0.05, 0.1) is 13.2 Å². The van der Waals surface area contributed by atoms with E-state index in [4.69, 9.17) is 4.74 Å². The number of anilines is 1. The number of fused-ring (bicyclic) bond motifs is 2. The highest BCUT2D eigenvalue weighted by Gasteiger charge is 2.27. The summed E-state index contributed by atoms with van der Waals surface area (Å²) in [7, 11) is 1.63. The summed E-state index contributed by atoms with van der Waals surface area (Å²) in [5.41, 5.74) is 5.96. The first-order valence-electron chi connectivity index (χ1n) is 12.5. The lowest BCUT2D eigenvalue weighted by Crippen LogP contribution is -2.40. The van der Waals surface area contributed by atoms with Crippen LogP contribution in [0.2, 0.25) is 0 Å². The zero-order valence-corrected chi connectivity index (χ0v) is 20.6. The van der Waals surface area contributed by atoms with Crippen LogP contribution in [0.25, 0.3) is 0 Å². The van der Waals surface area contributed by atoms with Gasteiger partial charge in [0.1, 0.15) is 0 Å². The van der Waals surface area contributed by atoms with Crippen LogP contribution in [0.1, 0.15) is 71.8 Å². The maximum absolute atomic E-state index is 13.4. The number of rotatable bonds is 4. The Balaban J connectivity index is 1.68. The van der Waals surface area contributed by atoms with Crippen LogP contribution in [-0.4, -0.2) is 41.8 Å². The van der Waals surface area contributed by atoms with Gasteiger partial charge in [0.2, 0.25) is 5.88 Å². The molecule has 0 atom stereocenters. The molecule has 1 saturated carbocycles. The predicted molar refractivity (Wildman–Crippen MR) is 136 cm³/mol. The molecule has 2 aliphatic rings. The largest absolute Gasteiger partial charge is 0.481 e. The minimum atomic E-state index is -0.182. The van der Waals surface area contributed by atoms with Crippen LogP contribution in [0.5, 0.6) is 5.88 Å². The molecule has 6 heteroatoms. The molecule has 1 aromatic heterocycles. The monoisotopic (exact) mass is 463 g/mol. The van der Waals surface area contributed by atoms with E-state index in [2.05, 4.69) is 46.4 Å². The normalized spacial score (nSPS) is 20.9. The van der Waals surface area contributed by atoms with E-state index >= 15 is 0 Å². The number of aryl methyl sites for hydroxylation is 2. The highest BCUT2D eigenvalue weighted by molar-refractivity contribution is 5.97. The van der Waals surface area contributed by atoms with Gasteiger partial charge < -0.3 is 20.1 Å². The van der Waals surface area contributed by atoms with Crippen LogP contribution in [-0.2, 0) is 19.4 Å². The summed E-state index contributed by atoms with van der Waals surface area (Å²) in [6.45, 7) is 5.40. The molecule has 0 spiro atoms. The van der Waals surface area contributed by atoms with Crippen LogP contribution < -0.4 is 15.0 Å². The van der Waals surface area contributed by atoms with Crippen molar-refractivity contribution < 1.29 is 14.6 Å². The van der Waals surface area contributed by atoms with Crippen molar-refractivity contribution in [3.63, 3.8) is 0 Å². The second-order valence-electron chi connectivity index (χ2n) is 9.36. The molecule has 34 heavy (non-hydrogen) atoms. The highest BCUT2D eigenvalue weighted by atomic mass is 16.5. The molecule has 182 valence electrons. The summed E-state index contributed by atoms with van der Waals surface area (Å²) in [5, 5.41) is 13.1. The van der Waals surface area contributed by atoms with Crippen LogP contribution in [0.3, 0.4) is 0 Å². The number of aliphatic hydroxyl groups excluding tert-OH is 1. The van der Waals surface area contributed by atoms with Crippen LogP contribution in [0.4, 0.5) is 5.69 Å². The van der Waals surface area contributed by atoms with E-state index in [-0.39, 0.29) is 12.0 Å². The number of benzene rings is 1. The number of allylic oxidation sites excluding steroid dienone is 2. The highest BCUT2D eigenvalue weighted by Crippen LogP contribution is 2.32. The topological polar surface area (TPSA) is 74.7 Å². The Hall–Kier alpha value is -2.86.